The molecule has 2 nitrogen and oxygen atoms in total. The van der Waals surface area contributed by atoms with Crippen LogP contribution < -0.4 is 5.32 Å². The maximum absolute atomic E-state index is 8.48. The van der Waals surface area contributed by atoms with Crippen LogP contribution >= 0.6 is 0 Å². The summed E-state index contributed by atoms with van der Waals surface area (Å²) in [6, 6.07) is 0. The van der Waals surface area contributed by atoms with E-state index in [0.717, 1.165) is 6.54 Å². The molecule has 0 aliphatic carbocycles. The van der Waals surface area contributed by atoms with E-state index in [1.165, 1.54) is 0 Å². The molecule has 7 heavy (non-hydrogen) atoms. The van der Waals surface area contributed by atoms with Gasteiger partial charge < -0.3 is 10.4 Å². The first kappa shape index (κ1) is 6.34. The Morgan fingerprint density at radius 2 is 2.43 bits per heavy atom. The molecule has 0 radical (unpaired) electrons. The van der Waals surface area contributed by atoms with E-state index < -0.39 is 0 Å². The zero-order valence-corrected chi connectivity index (χ0v) is 4.73. The SMILES string of the molecule is CCN/C=C(\C)O. The van der Waals surface area contributed by atoms with Gasteiger partial charge in [-0.1, -0.05) is 0 Å². The number of aliphatic hydroxyl groups is 1. The molecule has 0 aliphatic heterocycles. The van der Waals surface area contributed by atoms with Crippen molar-refractivity contribution in [3.05, 3.63) is 12.0 Å². The lowest BCUT2D eigenvalue weighted by Gasteiger charge is -1.90. The van der Waals surface area contributed by atoms with Crippen molar-refractivity contribution in [2.24, 2.45) is 0 Å². The summed E-state index contributed by atoms with van der Waals surface area (Å²) >= 11 is 0. The Hall–Kier alpha value is -0.660. The molecule has 0 saturated carbocycles. The molecule has 0 saturated heterocycles. The molecule has 0 rings (SSSR count). The number of nitrogens with one attached hydrogen (secondary N) is 1. The van der Waals surface area contributed by atoms with Crippen molar-refractivity contribution in [2.45, 2.75) is 13.8 Å². The van der Waals surface area contributed by atoms with Crippen molar-refractivity contribution in [1.82, 2.24) is 5.32 Å². The van der Waals surface area contributed by atoms with E-state index in [0.29, 0.717) is 5.76 Å². The Morgan fingerprint density at radius 3 is 2.57 bits per heavy atom. The summed E-state index contributed by atoms with van der Waals surface area (Å²) in [6.07, 6.45) is 1.57. The summed E-state index contributed by atoms with van der Waals surface area (Å²) in [5.74, 6) is 0.321. The van der Waals surface area contributed by atoms with E-state index >= 15 is 0 Å². The van der Waals surface area contributed by atoms with Crippen LogP contribution in [0.1, 0.15) is 13.8 Å². The molecule has 2 N–H and O–H groups in total. The monoisotopic (exact) mass is 101 g/mol. The lowest BCUT2D eigenvalue weighted by atomic mass is 10.6. The van der Waals surface area contributed by atoms with E-state index in [2.05, 4.69) is 5.32 Å². The molecule has 0 aromatic heterocycles. The quantitative estimate of drug-likeness (QED) is 0.509. The molecule has 0 unspecified atom stereocenters. The van der Waals surface area contributed by atoms with Crippen LogP contribution in [0, 0.1) is 0 Å². The maximum Gasteiger partial charge on any atom is 0.105 e. The minimum atomic E-state index is 0.321. The van der Waals surface area contributed by atoms with Crippen LogP contribution in [0.2, 0.25) is 0 Å². The normalized spacial score (nSPS) is 11.4. The van der Waals surface area contributed by atoms with E-state index in [1.807, 2.05) is 6.92 Å². The topological polar surface area (TPSA) is 32.3 Å². The minimum Gasteiger partial charge on any atom is -0.511 e. The highest BCUT2D eigenvalue weighted by molar-refractivity contribution is 4.82. The molecule has 0 aromatic carbocycles. The van der Waals surface area contributed by atoms with Gasteiger partial charge in [0, 0.05) is 12.7 Å². The molecule has 0 heterocycles. The highest BCUT2D eigenvalue weighted by atomic mass is 16.3. The molecule has 0 bridgehead atoms. The number of hydrogen-bond acceptors (Lipinski definition) is 2. The van der Waals surface area contributed by atoms with Gasteiger partial charge in [-0.05, 0) is 13.8 Å². The van der Waals surface area contributed by atoms with Gasteiger partial charge in [0.25, 0.3) is 0 Å². The number of aliphatic hydroxyl groups excluding tert-OH is 1. The smallest absolute Gasteiger partial charge is 0.105 e. The van der Waals surface area contributed by atoms with Crippen LogP contribution in [0.5, 0.6) is 0 Å². The Bertz CT molecular complexity index is 64.5. The second kappa shape index (κ2) is 3.53. The predicted molar refractivity (Wildman–Crippen MR) is 30.1 cm³/mol. The van der Waals surface area contributed by atoms with Crippen LogP contribution in [0.4, 0.5) is 0 Å². The van der Waals surface area contributed by atoms with Crippen molar-refractivity contribution in [3.63, 3.8) is 0 Å². The first-order valence-electron chi connectivity index (χ1n) is 2.36. The van der Waals surface area contributed by atoms with Crippen molar-refractivity contribution < 1.29 is 5.11 Å². The number of rotatable bonds is 2. The molecule has 0 aliphatic rings. The summed E-state index contributed by atoms with van der Waals surface area (Å²) in [4.78, 5) is 0. The first-order valence-corrected chi connectivity index (χ1v) is 2.36. The average Bonchev–Trinajstić information content (AvgIpc) is 1.61. The van der Waals surface area contributed by atoms with Crippen LogP contribution in [-0.4, -0.2) is 11.7 Å². The average molecular weight is 101 g/mol. The van der Waals surface area contributed by atoms with Gasteiger partial charge in [-0.3, -0.25) is 0 Å². The Labute approximate surface area is 43.9 Å². The second-order valence-corrected chi connectivity index (χ2v) is 1.34. The minimum absolute atomic E-state index is 0.321. The van der Waals surface area contributed by atoms with Crippen molar-refractivity contribution in [1.29, 1.82) is 0 Å². The summed E-state index contributed by atoms with van der Waals surface area (Å²) in [6.45, 7) is 4.46. The van der Waals surface area contributed by atoms with Gasteiger partial charge in [0.15, 0.2) is 0 Å². The Morgan fingerprint density at radius 1 is 1.86 bits per heavy atom. The van der Waals surface area contributed by atoms with Crippen molar-refractivity contribution >= 4 is 0 Å². The van der Waals surface area contributed by atoms with Gasteiger partial charge in [0.1, 0.15) is 5.76 Å². The highest BCUT2D eigenvalue weighted by Gasteiger charge is 1.72. The van der Waals surface area contributed by atoms with Gasteiger partial charge in [-0.15, -0.1) is 0 Å². The molecule has 0 fully saturated rings. The fraction of sp³-hybridized carbons (Fsp3) is 0.600. The largest absolute Gasteiger partial charge is 0.511 e. The summed E-state index contributed by atoms with van der Waals surface area (Å²) < 4.78 is 0. The second-order valence-electron chi connectivity index (χ2n) is 1.34. The molecule has 2 heteroatoms. The van der Waals surface area contributed by atoms with E-state index in [1.54, 1.807) is 13.1 Å². The maximum atomic E-state index is 8.48. The van der Waals surface area contributed by atoms with Crippen molar-refractivity contribution in [3.8, 4) is 0 Å². The van der Waals surface area contributed by atoms with Crippen molar-refractivity contribution in [2.75, 3.05) is 6.54 Å². The molecule has 0 aromatic rings. The number of allylic oxidation sites excluding steroid dienone is 1. The van der Waals surface area contributed by atoms with Crippen LogP contribution in [0.3, 0.4) is 0 Å². The van der Waals surface area contributed by atoms with Gasteiger partial charge in [-0.25, -0.2) is 0 Å². The zero-order chi connectivity index (χ0) is 5.70. The fourth-order valence-corrected chi connectivity index (χ4v) is 0.250. The Kier molecular flexibility index (Phi) is 3.19. The van der Waals surface area contributed by atoms with Gasteiger partial charge >= 0.3 is 0 Å². The summed E-state index contributed by atoms with van der Waals surface area (Å²) in [7, 11) is 0. The molecular weight excluding hydrogens is 90.1 g/mol. The van der Waals surface area contributed by atoms with E-state index in [9.17, 15) is 0 Å². The van der Waals surface area contributed by atoms with Crippen LogP contribution in [-0.2, 0) is 0 Å². The third kappa shape index (κ3) is 5.34. The molecule has 0 spiro atoms. The molecule has 0 atom stereocenters. The lowest BCUT2D eigenvalue weighted by Crippen LogP contribution is -2.02. The van der Waals surface area contributed by atoms with Crippen LogP contribution in [0.15, 0.2) is 12.0 Å². The first-order chi connectivity index (χ1) is 3.27. The van der Waals surface area contributed by atoms with E-state index in [-0.39, 0.29) is 0 Å². The third-order valence-corrected chi connectivity index (χ3v) is 0.515. The predicted octanol–water partition coefficient (Wildman–Crippen LogP) is 1.02. The van der Waals surface area contributed by atoms with Gasteiger partial charge in [0.2, 0.25) is 0 Å². The standard InChI is InChI=1S/C5H11NO/c1-3-6-4-5(2)7/h4,6-7H,3H2,1-2H3/b5-4+. The summed E-state index contributed by atoms with van der Waals surface area (Å²) in [5.41, 5.74) is 0. The third-order valence-electron chi connectivity index (χ3n) is 0.515. The van der Waals surface area contributed by atoms with Gasteiger partial charge in [-0.2, -0.15) is 0 Å². The van der Waals surface area contributed by atoms with Crippen LogP contribution in [0.25, 0.3) is 0 Å². The zero-order valence-electron chi connectivity index (χ0n) is 4.73. The highest BCUT2D eigenvalue weighted by Crippen LogP contribution is 1.76. The van der Waals surface area contributed by atoms with Gasteiger partial charge in [0.05, 0.1) is 0 Å². The molecule has 0 amide bonds. The molecule has 42 valence electrons. The summed E-state index contributed by atoms with van der Waals surface area (Å²) in [5, 5.41) is 11.3. The Balaban J connectivity index is 3.08. The lowest BCUT2D eigenvalue weighted by molar-refractivity contribution is 0.409. The molecular formula is C5H11NO. The van der Waals surface area contributed by atoms with E-state index in [4.69, 9.17) is 5.11 Å². The number of hydrogen-bond donors (Lipinski definition) is 2. The fourth-order valence-electron chi connectivity index (χ4n) is 0.250.